The molecule has 21 heavy (non-hydrogen) atoms. The van der Waals surface area contributed by atoms with Gasteiger partial charge in [0.05, 0.1) is 0 Å². The number of aromatic nitrogens is 2. The highest BCUT2D eigenvalue weighted by Crippen LogP contribution is 2.23. The van der Waals surface area contributed by atoms with E-state index in [0.717, 1.165) is 29.6 Å². The zero-order valence-electron chi connectivity index (χ0n) is 12.6. The van der Waals surface area contributed by atoms with Gasteiger partial charge in [0.25, 0.3) is 5.56 Å². The summed E-state index contributed by atoms with van der Waals surface area (Å²) in [5.41, 5.74) is 4.95. The van der Waals surface area contributed by atoms with Crippen molar-refractivity contribution < 1.29 is 0 Å². The molecule has 2 heterocycles. The maximum atomic E-state index is 12.5. The van der Waals surface area contributed by atoms with Crippen molar-refractivity contribution in [3.05, 3.63) is 40.3 Å². The van der Waals surface area contributed by atoms with Gasteiger partial charge >= 0.3 is 0 Å². The summed E-state index contributed by atoms with van der Waals surface area (Å²) in [4.78, 5) is 16.9. The molecule has 4 nitrogen and oxygen atoms in total. The van der Waals surface area contributed by atoms with Gasteiger partial charge in [0.1, 0.15) is 0 Å². The van der Waals surface area contributed by atoms with E-state index in [1.165, 1.54) is 32.1 Å². The minimum atomic E-state index is 0.0412. The van der Waals surface area contributed by atoms with E-state index in [-0.39, 0.29) is 5.56 Å². The van der Waals surface area contributed by atoms with Crippen LogP contribution in [0.4, 0.5) is 0 Å². The molecule has 0 amide bonds. The summed E-state index contributed by atoms with van der Waals surface area (Å²) in [7, 11) is 0. The van der Waals surface area contributed by atoms with E-state index < -0.39 is 0 Å². The third-order valence-corrected chi connectivity index (χ3v) is 4.48. The van der Waals surface area contributed by atoms with Crippen molar-refractivity contribution in [1.29, 1.82) is 0 Å². The number of fused-ring (bicyclic) bond motifs is 1. The number of nitrogens with one attached hydrogen (secondary N) is 1. The summed E-state index contributed by atoms with van der Waals surface area (Å²) in [5, 5.41) is 1.02. The van der Waals surface area contributed by atoms with Crippen molar-refractivity contribution in [1.82, 2.24) is 9.66 Å². The van der Waals surface area contributed by atoms with Gasteiger partial charge in [0.15, 0.2) is 5.65 Å². The first-order chi connectivity index (χ1) is 10.3. The summed E-state index contributed by atoms with van der Waals surface area (Å²) in [6.07, 6.45) is 9.00. The molecule has 1 aliphatic carbocycles. The Hall–Kier alpha value is -1.84. The Kier molecular flexibility index (Phi) is 4.23. The predicted molar refractivity (Wildman–Crippen MR) is 86.2 cm³/mol. The van der Waals surface area contributed by atoms with Crippen molar-refractivity contribution in [2.24, 2.45) is 5.92 Å². The van der Waals surface area contributed by atoms with Crippen LogP contribution >= 0.6 is 0 Å². The van der Waals surface area contributed by atoms with Gasteiger partial charge in [-0.2, -0.15) is 0 Å². The molecule has 4 heteroatoms. The van der Waals surface area contributed by atoms with Crippen molar-refractivity contribution in [2.75, 3.05) is 12.0 Å². The molecule has 0 aliphatic heterocycles. The van der Waals surface area contributed by atoms with Crippen LogP contribution in [0.25, 0.3) is 11.0 Å². The van der Waals surface area contributed by atoms with Gasteiger partial charge in [-0.3, -0.25) is 4.79 Å². The summed E-state index contributed by atoms with van der Waals surface area (Å²) >= 11 is 0. The Labute approximate surface area is 125 Å². The molecule has 1 saturated carbocycles. The van der Waals surface area contributed by atoms with Gasteiger partial charge in [0.2, 0.25) is 0 Å². The van der Waals surface area contributed by atoms with E-state index in [9.17, 15) is 4.79 Å². The molecular formula is C17H23N3O. The third kappa shape index (κ3) is 2.94. The van der Waals surface area contributed by atoms with Crippen LogP contribution in [0, 0.1) is 5.92 Å². The van der Waals surface area contributed by atoms with Crippen molar-refractivity contribution in [3.8, 4) is 0 Å². The highest BCUT2D eigenvalue weighted by atomic mass is 16.1. The van der Waals surface area contributed by atoms with Crippen molar-refractivity contribution in [3.63, 3.8) is 0 Å². The second-order valence-corrected chi connectivity index (χ2v) is 5.95. The second kappa shape index (κ2) is 6.29. The Morgan fingerprint density at radius 3 is 2.90 bits per heavy atom. The first kappa shape index (κ1) is 14.1. The molecule has 0 aromatic carbocycles. The fourth-order valence-corrected chi connectivity index (χ4v) is 3.21. The quantitative estimate of drug-likeness (QED) is 0.939. The first-order valence-electron chi connectivity index (χ1n) is 8.03. The third-order valence-electron chi connectivity index (χ3n) is 4.48. The summed E-state index contributed by atoms with van der Waals surface area (Å²) < 4.78 is 1.66. The molecule has 0 unspecified atom stereocenters. The first-order valence-corrected chi connectivity index (χ1v) is 8.03. The fraction of sp³-hybridized carbons (Fsp3) is 0.529. The highest BCUT2D eigenvalue weighted by molar-refractivity contribution is 5.75. The summed E-state index contributed by atoms with van der Waals surface area (Å²) in [6, 6.07) is 5.89. The maximum Gasteiger partial charge on any atom is 0.273 e. The van der Waals surface area contributed by atoms with Gasteiger partial charge < -0.3 is 5.43 Å². The molecule has 2 aromatic rings. The summed E-state index contributed by atoms with van der Waals surface area (Å²) in [6.45, 7) is 2.88. The van der Waals surface area contributed by atoms with E-state index in [2.05, 4.69) is 10.4 Å². The fourth-order valence-electron chi connectivity index (χ4n) is 3.21. The van der Waals surface area contributed by atoms with Crippen molar-refractivity contribution >= 4 is 11.0 Å². The van der Waals surface area contributed by atoms with Crippen LogP contribution in [0.5, 0.6) is 0 Å². The van der Waals surface area contributed by atoms with Crippen LogP contribution in [0.15, 0.2) is 29.2 Å². The standard InChI is InChI=1S/C17H23N3O/c1-2-14-11-15-9-6-10-18-16(15)20(17(14)21)19-12-13-7-4-3-5-8-13/h6,9-11,13,19H,2-5,7-8,12H2,1H3. The molecule has 0 radical (unpaired) electrons. The van der Waals surface area contributed by atoms with Gasteiger partial charge in [-0.05, 0) is 43.4 Å². The largest absolute Gasteiger partial charge is 0.321 e. The van der Waals surface area contributed by atoms with Crippen LogP contribution in [0.1, 0.15) is 44.6 Å². The van der Waals surface area contributed by atoms with Crippen LogP contribution < -0.4 is 11.0 Å². The molecule has 2 aromatic heterocycles. The lowest BCUT2D eigenvalue weighted by molar-refractivity contribution is 0.366. The van der Waals surface area contributed by atoms with Crippen LogP contribution in [0.2, 0.25) is 0 Å². The molecular weight excluding hydrogens is 262 g/mol. The Morgan fingerprint density at radius 2 is 2.14 bits per heavy atom. The molecule has 1 fully saturated rings. The number of hydrogen-bond acceptors (Lipinski definition) is 3. The molecule has 0 atom stereocenters. The van der Waals surface area contributed by atoms with Crippen molar-refractivity contribution in [2.45, 2.75) is 45.4 Å². The maximum absolute atomic E-state index is 12.5. The molecule has 0 bridgehead atoms. The van der Waals surface area contributed by atoms with E-state index in [4.69, 9.17) is 0 Å². The smallest absolute Gasteiger partial charge is 0.273 e. The average Bonchev–Trinajstić information content (AvgIpc) is 2.54. The van der Waals surface area contributed by atoms with Crippen LogP contribution in [-0.4, -0.2) is 16.2 Å². The zero-order valence-corrected chi connectivity index (χ0v) is 12.6. The lowest BCUT2D eigenvalue weighted by Gasteiger charge is -2.23. The van der Waals surface area contributed by atoms with Crippen LogP contribution in [-0.2, 0) is 6.42 Å². The minimum absolute atomic E-state index is 0.0412. The number of nitrogens with zero attached hydrogens (tertiary/aromatic N) is 2. The molecule has 1 N–H and O–H groups in total. The number of pyridine rings is 2. The molecule has 1 aliphatic rings. The normalized spacial score (nSPS) is 16.2. The van der Waals surface area contributed by atoms with Gasteiger partial charge in [-0.1, -0.05) is 26.2 Å². The van der Waals surface area contributed by atoms with E-state index in [1.807, 2.05) is 25.1 Å². The average molecular weight is 285 g/mol. The number of aryl methyl sites for hydroxylation is 1. The monoisotopic (exact) mass is 285 g/mol. The summed E-state index contributed by atoms with van der Waals surface area (Å²) in [5.74, 6) is 0.676. The molecule has 3 rings (SSSR count). The minimum Gasteiger partial charge on any atom is -0.321 e. The Morgan fingerprint density at radius 1 is 1.33 bits per heavy atom. The van der Waals surface area contributed by atoms with E-state index >= 15 is 0 Å². The second-order valence-electron chi connectivity index (χ2n) is 5.95. The topological polar surface area (TPSA) is 46.9 Å². The van der Waals surface area contributed by atoms with E-state index in [0.29, 0.717) is 5.92 Å². The van der Waals surface area contributed by atoms with Crippen LogP contribution in [0.3, 0.4) is 0 Å². The zero-order chi connectivity index (χ0) is 14.7. The predicted octanol–water partition coefficient (Wildman–Crippen LogP) is 3.08. The van der Waals surface area contributed by atoms with E-state index in [1.54, 1.807) is 10.9 Å². The lowest BCUT2D eigenvalue weighted by Crippen LogP contribution is -2.34. The Bertz CT molecular complexity index is 671. The molecule has 112 valence electrons. The number of hydrogen-bond donors (Lipinski definition) is 1. The lowest BCUT2D eigenvalue weighted by atomic mass is 9.89. The van der Waals surface area contributed by atoms with Gasteiger partial charge in [0, 0.05) is 23.7 Å². The molecule has 0 saturated heterocycles. The number of rotatable bonds is 4. The van der Waals surface area contributed by atoms with Gasteiger partial charge in [-0.25, -0.2) is 9.66 Å². The Balaban J connectivity index is 1.92. The SMILES string of the molecule is CCc1cc2cccnc2n(NCC2CCCCC2)c1=O. The molecule has 0 spiro atoms. The van der Waals surface area contributed by atoms with Gasteiger partial charge in [-0.15, -0.1) is 0 Å². The highest BCUT2D eigenvalue weighted by Gasteiger charge is 2.15.